The van der Waals surface area contributed by atoms with Gasteiger partial charge in [-0.1, -0.05) is 18.1 Å². The molecular formula is C11H10O4S. The molecule has 5 heteroatoms. The molecule has 0 saturated carbocycles. The molecule has 16 heavy (non-hydrogen) atoms. The lowest BCUT2D eigenvalue weighted by molar-refractivity contribution is -0.133. The van der Waals surface area contributed by atoms with Gasteiger partial charge in [0.05, 0.1) is 12.0 Å². The van der Waals surface area contributed by atoms with E-state index in [9.17, 15) is 13.2 Å². The van der Waals surface area contributed by atoms with Crippen LogP contribution in [0.1, 0.15) is 5.56 Å². The molecule has 0 aliphatic carbocycles. The number of carbonyl (C=O) groups is 1. The van der Waals surface area contributed by atoms with E-state index >= 15 is 0 Å². The van der Waals surface area contributed by atoms with Crippen LogP contribution >= 0.6 is 0 Å². The Balaban J connectivity index is 3.24. The Bertz CT molecular complexity index is 561. The first kappa shape index (κ1) is 12.3. The molecule has 0 N–H and O–H groups in total. The summed E-state index contributed by atoms with van der Waals surface area (Å²) in [7, 11) is -2.13. The van der Waals surface area contributed by atoms with Crippen molar-refractivity contribution < 1.29 is 17.9 Å². The van der Waals surface area contributed by atoms with Crippen LogP contribution in [0, 0.1) is 11.8 Å². The third kappa shape index (κ3) is 3.11. The molecule has 1 rings (SSSR count). The summed E-state index contributed by atoms with van der Waals surface area (Å²) in [6.45, 7) is 0. The Morgan fingerprint density at radius 1 is 1.31 bits per heavy atom. The highest BCUT2D eigenvalue weighted by Crippen LogP contribution is 2.13. The zero-order valence-corrected chi connectivity index (χ0v) is 9.67. The second-order valence-electron chi connectivity index (χ2n) is 3.01. The number of rotatable bonds is 1. The summed E-state index contributed by atoms with van der Waals surface area (Å²) < 4.78 is 27.1. The normalized spacial score (nSPS) is 10.1. The number of ether oxygens (including phenoxy) is 1. The lowest BCUT2D eigenvalue weighted by Gasteiger charge is -2.00. The van der Waals surface area contributed by atoms with Crippen molar-refractivity contribution in [2.75, 3.05) is 13.4 Å². The van der Waals surface area contributed by atoms with Crippen molar-refractivity contribution in [3.8, 4) is 11.8 Å². The van der Waals surface area contributed by atoms with Gasteiger partial charge in [-0.3, -0.25) is 0 Å². The van der Waals surface area contributed by atoms with Crippen molar-refractivity contribution in [1.29, 1.82) is 0 Å². The second-order valence-corrected chi connectivity index (χ2v) is 4.99. The van der Waals surface area contributed by atoms with Gasteiger partial charge in [0.25, 0.3) is 0 Å². The summed E-state index contributed by atoms with van der Waals surface area (Å²) in [5.74, 6) is 3.95. The van der Waals surface area contributed by atoms with E-state index in [2.05, 4.69) is 16.6 Å². The van der Waals surface area contributed by atoms with Crippen molar-refractivity contribution in [3.63, 3.8) is 0 Å². The van der Waals surface area contributed by atoms with Gasteiger partial charge in [0, 0.05) is 17.7 Å². The second kappa shape index (κ2) is 4.81. The highest BCUT2D eigenvalue weighted by Gasteiger charge is 2.10. The third-order valence-electron chi connectivity index (χ3n) is 1.77. The minimum atomic E-state index is -3.34. The molecule has 0 aromatic heterocycles. The first-order valence-corrected chi connectivity index (χ1v) is 6.23. The maximum Gasteiger partial charge on any atom is 0.384 e. The van der Waals surface area contributed by atoms with Crippen molar-refractivity contribution in [3.05, 3.63) is 29.8 Å². The van der Waals surface area contributed by atoms with Crippen LogP contribution in [0.25, 0.3) is 0 Å². The Labute approximate surface area is 94.2 Å². The molecule has 0 spiro atoms. The molecule has 4 nitrogen and oxygen atoms in total. The van der Waals surface area contributed by atoms with Gasteiger partial charge in [-0.05, 0) is 12.1 Å². The summed E-state index contributed by atoms with van der Waals surface area (Å²) >= 11 is 0. The van der Waals surface area contributed by atoms with Crippen LogP contribution in [0.5, 0.6) is 0 Å². The van der Waals surface area contributed by atoms with Crippen LogP contribution in [-0.2, 0) is 19.4 Å². The summed E-state index contributed by atoms with van der Waals surface area (Å²) in [6.07, 6.45) is 1.09. The van der Waals surface area contributed by atoms with Gasteiger partial charge in [0.15, 0.2) is 9.84 Å². The molecule has 0 amide bonds. The number of esters is 1. The molecular weight excluding hydrogens is 228 g/mol. The van der Waals surface area contributed by atoms with Crippen LogP contribution < -0.4 is 0 Å². The number of sulfone groups is 1. The lowest BCUT2D eigenvalue weighted by atomic mass is 10.2. The Morgan fingerprint density at radius 2 is 1.94 bits per heavy atom. The van der Waals surface area contributed by atoms with E-state index in [1.807, 2.05) is 0 Å². The molecule has 1 aromatic carbocycles. The number of carbonyl (C=O) groups excluding carboxylic acids is 1. The Kier molecular flexibility index (Phi) is 3.69. The molecule has 0 heterocycles. The first-order chi connectivity index (χ1) is 7.45. The molecule has 0 unspecified atom stereocenters. The van der Waals surface area contributed by atoms with Crippen LogP contribution in [-0.4, -0.2) is 27.8 Å². The van der Waals surface area contributed by atoms with E-state index in [-0.39, 0.29) is 10.5 Å². The van der Waals surface area contributed by atoms with E-state index in [1.54, 1.807) is 12.1 Å². The fourth-order valence-corrected chi connectivity index (χ4v) is 1.91. The van der Waals surface area contributed by atoms with E-state index in [4.69, 9.17) is 0 Å². The molecule has 0 bridgehead atoms. The maximum absolute atomic E-state index is 11.4. The first-order valence-electron chi connectivity index (χ1n) is 4.34. The van der Waals surface area contributed by atoms with Crippen molar-refractivity contribution in [2.24, 2.45) is 0 Å². The third-order valence-corrected chi connectivity index (χ3v) is 2.93. The van der Waals surface area contributed by atoms with Crippen LogP contribution in [0.3, 0.4) is 0 Å². The monoisotopic (exact) mass is 238 g/mol. The fraction of sp³-hybridized carbons (Fsp3) is 0.182. The van der Waals surface area contributed by atoms with Crippen molar-refractivity contribution in [2.45, 2.75) is 4.90 Å². The number of methoxy groups -OCH3 is 1. The average Bonchev–Trinajstić information content (AvgIpc) is 2.25. The average molecular weight is 238 g/mol. The van der Waals surface area contributed by atoms with Gasteiger partial charge >= 0.3 is 5.97 Å². The maximum atomic E-state index is 11.4. The summed E-state index contributed by atoms with van der Waals surface area (Å²) in [5, 5.41) is 0. The zero-order valence-electron chi connectivity index (χ0n) is 8.85. The minimum Gasteiger partial charge on any atom is -0.459 e. The summed E-state index contributed by atoms with van der Waals surface area (Å²) in [5.41, 5.74) is 0.287. The molecule has 1 aromatic rings. The molecule has 0 fully saturated rings. The number of benzene rings is 1. The van der Waals surface area contributed by atoms with Gasteiger partial charge in [0.2, 0.25) is 0 Å². The van der Waals surface area contributed by atoms with Crippen molar-refractivity contribution >= 4 is 15.8 Å². The molecule has 0 radical (unpaired) electrons. The number of hydrogen-bond acceptors (Lipinski definition) is 4. The van der Waals surface area contributed by atoms with Gasteiger partial charge < -0.3 is 4.74 Å². The van der Waals surface area contributed by atoms with E-state index in [0.717, 1.165) is 6.26 Å². The van der Waals surface area contributed by atoms with Crippen LogP contribution in [0.4, 0.5) is 0 Å². The van der Waals surface area contributed by atoms with Gasteiger partial charge in [-0.25, -0.2) is 13.2 Å². The number of hydrogen-bond donors (Lipinski definition) is 0. The topological polar surface area (TPSA) is 60.4 Å². The molecule has 84 valence electrons. The standard InChI is InChI=1S/C11H10O4S/c1-15-11(12)8-7-9-5-3-4-6-10(9)16(2,13)14/h3-6H,1-2H3. The largest absolute Gasteiger partial charge is 0.459 e. The smallest absolute Gasteiger partial charge is 0.384 e. The lowest BCUT2D eigenvalue weighted by Crippen LogP contribution is -2.00. The van der Waals surface area contributed by atoms with Gasteiger partial charge in [0.1, 0.15) is 0 Å². The highest BCUT2D eigenvalue weighted by atomic mass is 32.2. The Morgan fingerprint density at radius 3 is 2.50 bits per heavy atom. The predicted octanol–water partition coefficient (Wildman–Crippen LogP) is 0.615. The van der Waals surface area contributed by atoms with Crippen molar-refractivity contribution in [1.82, 2.24) is 0 Å². The minimum absolute atomic E-state index is 0.103. The molecule has 0 saturated heterocycles. The molecule has 0 aliphatic rings. The molecule has 0 aliphatic heterocycles. The SMILES string of the molecule is COC(=O)C#Cc1ccccc1S(C)(=O)=O. The van der Waals surface area contributed by atoms with Crippen LogP contribution in [0.15, 0.2) is 29.2 Å². The zero-order chi connectivity index (χ0) is 12.2. The summed E-state index contributed by atoms with van der Waals surface area (Å²) in [4.78, 5) is 10.9. The van der Waals surface area contributed by atoms with E-state index < -0.39 is 15.8 Å². The highest BCUT2D eigenvalue weighted by molar-refractivity contribution is 7.90. The predicted molar refractivity (Wildman–Crippen MR) is 58.4 cm³/mol. The van der Waals surface area contributed by atoms with Gasteiger partial charge in [-0.2, -0.15) is 0 Å². The quantitative estimate of drug-likeness (QED) is 0.531. The summed E-state index contributed by atoms with van der Waals surface area (Å²) in [6, 6.07) is 6.22. The van der Waals surface area contributed by atoms with Crippen LogP contribution in [0.2, 0.25) is 0 Å². The van der Waals surface area contributed by atoms with Gasteiger partial charge in [-0.15, -0.1) is 0 Å². The molecule has 0 atom stereocenters. The Hall–Kier alpha value is -1.80. The van der Waals surface area contributed by atoms with E-state index in [0.29, 0.717) is 0 Å². The fourth-order valence-electron chi connectivity index (χ4n) is 1.06. The van der Waals surface area contributed by atoms with E-state index in [1.165, 1.54) is 19.2 Å².